The van der Waals surface area contributed by atoms with Gasteiger partial charge in [-0.2, -0.15) is 0 Å². The minimum atomic E-state index is 0.0546. The van der Waals surface area contributed by atoms with Crippen LogP contribution in [0.2, 0.25) is 0 Å². The Labute approximate surface area is 172 Å². The van der Waals surface area contributed by atoms with Crippen molar-refractivity contribution in [1.82, 2.24) is 19.8 Å². The Morgan fingerprint density at radius 1 is 1.24 bits per heavy atom. The molecule has 1 amide bonds. The van der Waals surface area contributed by atoms with Crippen molar-refractivity contribution in [3.63, 3.8) is 0 Å². The van der Waals surface area contributed by atoms with Crippen LogP contribution >= 0.6 is 0 Å². The predicted octanol–water partition coefficient (Wildman–Crippen LogP) is 3.21. The molecule has 2 aromatic rings. The van der Waals surface area contributed by atoms with Crippen LogP contribution in [-0.2, 0) is 13.0 Å². The lowest BCUT2D eigenvalue weighted by Crippen LogP contribution is -2.36. The van der Waals surface area contributed by atoms with Gasteiger partial charge in [-0.05, 0) is 44.9 Å². The molecule has 1 fully saturated rings. The van der Waals surface area contributed by atoms with E-state index in [0.29, 0.717) is 17.6 Å². The molecule has 2 aromatic heterocycles. The van der Waals surface area contributed by atoms with Crippen molar-refractivity contribution in [2.75, 3.05) is 38.5 Å². The van der Waals surface area contributed by atoms with Crippen molar-refractivity contribution >= 4 is 11.9 Å². The van der Waals surface area contributed by atoms with Gasteiger partial charge in [0, 0.05) is 51.1 Å². The van der Waals surface area contributed by atoms with Gasteiger partial charge in [-0.15, -0.1) is 0 Å². The fraction of sp³-hybridized carbons (Fsp3) is 0.591. The molecule has 29 heavy (non-hydrogen) atoms. The lowest BCUT2D eigenvalue weighted by atomic mass is 10.0. The van der Waals surface area contributed by atoms with Crippen molar-refractivity contribution in [3.05, 3.63) is 40.6 Å². The summed E-state index contributed by atoms with van der Waals surface area (Å²) in [6.45, 7) is 8.50. The molecule has 1 N–H and O–H groups in total. The molecule has 1 atom stereocenters. The van der Waals surface area contributed by atoms with Crippen molar-refractivity contribution in [3.8, 4) is 0 Å². The highest BCUT2D eigenvalue weighted by Gasteiger charge is 2.29. The Morgan fingerprint density at radius 2 is 2.03 bits per heavy atom. The summed E-state index contributed by atoms with van der Waals surface area (Å²) >= 11 is 0. The Hall–Kier alpha value is -2.41. The molecule has 0 radical (unpaired) electrons. The van der Waals surface area contributed by atoms with E-state index in [4.69, 9.17) is 4.42 Å². The summed E-state index contributed by atoms with van der Waals surface area (Å²) in [6.07, 6.45) is 4.02. The molecule has 4 heterocycles. The third kappa shape index (κ3) is 4.29. The maximum absolute atomic E-state index is 13.1. The van der Waals surface area contributed by atoms with Gasteiger partial charge in [0.25, 0.3) is 5.91 Å². The number of aryl methyl sites for hydroxylation is 1. The molecule has 0 aromatic carbocycles. The molecular weight excluding hydrogens is 366 g/mol. The normalized spacial score (nSPS) is 18.0. The smallest absolute Gasteiger partial charge is 0.273 e. The zero-order valence-corrected chi connectivity index (χ0v) is 17.7. The van der Waals surface area contributed by atoms with E-state index in [1.165, 1.54) is 0 Å². The second-order valence-electron chi connectivity index (χ2n) is 8.23. The number of nitrogens with one attached hydrogen (secondary N) is 1. The van der Waals surface area contributed by atoms with E-state index in [2.05, 4.69) is 33.2 Å². The molecule has 0 aliphatic carbocycles. The average molecular weight is 398 g/mol. The average Bonchev–Trinajstić information content (AvgIpc) is 3.42. The molecule has 2 aliphatic heterocycles. The lowest BCUT2D eigenvalue weighted by Gasteiger charge is -2.30. The zero-order valence-electron chi connectivity index (χ0n) is 17.7. The SMILES string of the molecule is CNc1nc2c(c(C(=O)N3CCCC3)n1)CN(CCC(C)c1ccc(C)o1)CC2. The first kappa shape index (κ1) is 19.9. The van der Waals surface area contributed by atoms with Crippen molar-refractivity contribution in [2.24, 2.45) is 0 Å². The quantitative estimate of drug-likeness (QED) is 0.807. The van der Waals surface area contributed by atoms with E-state index in [1.54, 1.807) is 7.05 Å². The minimum absolute atomic E-state index is 0.0546. The highest BCUT2D eigenvalue weighted by atomic mass is 16.3. The molecule has 0 saturated carbocycles. The topological polar surface area (TPSA) is 74.5 Å². The second kappa shape index (κ2) is 8.53. The number of amides is 1. The van der Waals surface area contributed by atoms with Gasteiger partial charge in [-0.1, -0.05) is 6.92 Å². The van der Waals surface area contributed by atoms with E-state index in [0.717, 1.165) is 81.2 Å². The number of nitrogens with zero attached hydrogens (tertiary/aromatic N) is 4. The number of carbonyl (C=O) groups is 1. The second-order valence-corrected chi connectivity index (χ2v) is 8.23. The van der Waals surface area contributed by atoms with Gasteiger partial charge in [-0.25, -0.2) is 9.97 Å². The van der Waals surface area contributed by atoms with Gasteiger partial charge < -0.3 is 14.6 Å². The molecule has 1 saturated heterocycles. The van der Waals surface area contributed by atoms with Crippen LogP contribution in [0, 0.1) is 6.92 Å². The van der Waals surface area contributed by atoms with Crippen LogP contribution in [0.25, 0.3) is 0 Å². The largest absolute Gasteiger partial charge is 0.466 e. The molecule has 156 valence electrons. The van der Waals surface area contributed by atoms with Crippen LogP contribution in [0.3, 0.4) is 0 Å². The van der Waals surface area contributed by atoms with Crippen molar-refractivity contribution < 1.29 is 9.21 Å². The first-order valence-corrected chi connectivity index (χ1v) is 10.7. The third-order valence-electron chi connectivity index (χ3n) is 6.08. The molecule has 7 nitrogen and oxygen atoms in total. The summed E-state index contributed by atoms with van der Waals surface area (Å²) in [7, 11) is 1.80. The van der Waals surface area contributed by atoms with E-state index < -0.39 is 0 Å². The summed E-state index contributed by atoms with van der Waals surface area (Å²) in [5.41, 5.74) is 2.60. The van der Waals surface area contributed by atoms with Crippen LogP contribution < -0.4 is 5.32 Å². The summed E-state index contributed by atoms with van der Waals surface area (Å²) in [5.74, 6) is 2.98. The molecule has 7 heteroatoms. The van der Waals surface area contributed by atoms with E-state index in [1.807, 2.05) is 17.9 Å². The van der Waals surface area contributed by atoms with Crippen molar-refractivity contribution in [2.45, 2.75) is 52.0 Å². The number of hydrogen-bond donors (Lipinski definition) is 1. The first-order valence-electron chi connectivity index (χ1n) is 10.7. The first-order chi connectivity index (χ1) is 14.0. The number of rotatable bonds is 6. The monoisotopic (exact) mass is 397 g/mol. The Bertz CT molecular complexity index is 872. The number of fused-ring (bicyclic) bond motifs is 1. The summed E-state index contributed by atoms with van der Waals surface area (Å²) in [4.78, 5) is 26.7. The number of likely N-dealkylation sites (tertiary alicyclic amines) is 1. The lowest BCUT2D eigenvalue weighted by molar-refractivity contribution is 0.0783. The molecule has 0 bridgehead atoms. The van der Waals surface area contributed by atoms with Gasteiger partial charge in [0.05, 0.1) is 5.69 Å². The maximum Gasteiger partial charge on any atom is 0.273 e. The Kier molecular flexibility index (Phi) is 5.85. The summed E-state index contributed by atoms with van der Waals surface area (Å²) < 4.78 is 5.78. The molecule has 2 aliphatic rings. The maximum atomic E-state index is 13.1. The van der Waals surface area contributed by atoms with Gasteiger partial charge in [0.1, 0.15) is 17.2 Å². The van der Waals surface area contributed by atoms with Crippen LogP contribution in [0.1, 0.15) is 65.4 Å². The van der Waals surface area contributed by atoms with Crippen molar-refractivity contribution in [1.29, 1.82) is 0 Å². The number of aromatic nitrogens is 2. The van der Waals surface area contributed by atoms with Crippen LogP contribution in [0.15, 0.2) is 16.5 Å². The molecule has 0 spiro atoms. The van der Waals surface area contributed by atoms with Gasteiger partial charge in [0.2, 0.25) is 5.95 Å². The Balaban J connectivity index is 1.49. The fourth-order valence-electron chi connectivity index (χ4n) is 4.26. The molecule has 1 unspecified atom stereocenters. The highest BCUT2D eigenvalue weighted by Crippen LogP contribution is 2.26. The van der Waals surface area contributed by atoms with Gasteiger partial charge in [-0.3, -0.25) is 9.69 Å². The van der Waals surface area contributed by atoms with E-state index in [-0.39, 0.29) is 5.91 Å². The Morgan fingerprint density at radius 3 is 2.72 bits per heavy atom. The number of hydrogen-bond acceptors (Lipinski definition) is 6. The van der Waals surface area contributed by atoms with E-state index >= 15 is 0 Å². The highest BCUT2D eigenvalue weighted by molar-refractivity contribution is 5.94. The third-order valence-corrected chi connectivity index (χ3v) is 6.08. The fourth-order valence-corrected chi connectivity index (χ4v) is 4.26. The summed E-state index contributed by atoms with van der Waals surface area (Å²) in [6, 6.07) is 4.10. The zero-order chi connectivity index (χ0) is 20.4. The number of anilines is 1. The number of carbonyl (C=O) groups excluding carboxylic acids is 1. The standard InChI is InChI=1S/C22H31N5O2/c1-15(19-7-6-16(2)29-19)8-12-26-13-9-18-17(14-26)20(25-22(23-3)24-18)21(28)27-10-4-5-11-27/h6-7,15H,4-5,8-14H2,1-3H3,(H,23,24,25). The van der Waals surface area contributed by atoms with Crippen LogP contribution in [0.4, 0.5) is 5.95 Å². The van der Waals surface area contributed by atoms with E-state index in [9.17, 15) is 4.79 Å². The van der Waals surface area contributed by atoms with Crippen LogP contribution in [0.5, 0.6) is 0 Å². The van der Waals surface area contributed by atoms with Gasteiger partial charge >= 0.3 is 0 Å². The molecular formula is C22H31N5O2. The van der Waals surface area contributed by atoms with Gasteiger partial charge in [0.15, 0.2) is 0 Å². The molecule has 4 rings (SSSR count). The summed E-state index contributed by atoms with van der Waals surface area (Å²) in [5, 5.41) is 3.02. The van der Waals surface area contributed by atoms with Crippen LogP contribution in [-0.4, -0.2) is 58.9 Å². The number of furan rings is 1. The minimum Gasteiger partial charge on any atom is -0.466 e. The predicted molar refractivity (Wildman–Crippen MR) is 112 cm³/mol.